The second kappa shape index (κ2) is 9.52. The lowest BCUT2D eigenvalue weighted by molar-refractivity contribution is 0.0376. The summed E-state index contributed by atoms with van der Waals surface area (Å²) >= 11 is 1.88. The van der Waals surface area contributed by atoms with E-state index in [1.54, 1.807) is 4.88 Å². The highest BCUT2D eigenvalue weighted by molar-refractivity contribution is 7.10. The van der Waals surface area contributed by atoms with E-state index in [1.165, 1.54) is 5.56 Å². The average molecular weight is 366 g/mol. The molecule has 0 saturated carbocycles. The van der Waals surface area contributed by atoms with Gasteiger partial charge in [-0.15, -0.1) is 11.3 Å². The van der Waals surface area contributed by atoms with Crippen LogP contribution in [0, 0.1) is 0 Å². The van der Waals surface area contributed by atoms with E-state index in [9.17, 15) is 0 Å². The highest BCUT2D eigenvalue weighted by atomic mass is 32.1. The smallest absolute Gasteiger partial charge is 0.188 e. The summed E-state index contributed by atoms with van der Waals surface area (Å²) < 4.78 is 5.36. The summed E-state index contributed by atoms with van der Waals surface area (Å²) in [5.41, 5.74) is 7.51. The van der Waals surface area contributed by atoms with E-state index < -0.39 is 0 Å². The normalized spacial score (nSPS) is 21.1. The van der Waals surface area contributed by atoms with Crippen molar-refractivity contribution in [1.29, 1.82) is 0 Å². The molecule has 3 heterocycles. The molecule has 0 aromatic carbocycles. The van der Waals surface area contributed by atoms with Crippen LogP contribution in [0.15, 0.2) is 16.4 Å². The monoisotopic (exact) mass is 365 g/mol. The lowest BCUT2D eigenvalue weighted by Crippen LogP contribution is -2.41. The summed E-state index contributed by atoms with van der Waals surface area (Å²) in [6.45, 7) is 10.9. The van der Waals surface area contributed by atoms with Crippen molar-refractivity contribution in [3.8, 4) is 0 Å². The Kier molecular flexibility index (Phi) is 7.10. The fourth-order valence-electron chi connectivity index (χ4n) is 3.39. The Morgan fingerprint density at radius 1 is 1.40 bits per heavy atom. The molecule has 0 bridgehead atoms. The highest BCUT2D eigenvalue weighted by Gasteiger charge is 2.21. The van der Waals surface area contributed by atoms with Crippen molar-refractivity contribution in [3.63, 3.8) is 0 Å². The predicted molar refractivity (Wildman–Crippen MR) is 104 cm³/mol. The van der Waals surface area contributed by atoms with Gasteiger partial charge in [-0.1, -0.05) is 0 Å². The maximum atomic E-state index is 6.02. The number of nitrogens with zero attached hydrogens (tertiary/aromatic N) is 3. The van der Waals surface area contributed by atoms with Gasteiger partial charge >= 0.3 is 0 Å². The predicted octanol–water partition coefficient (Wildman–Crippen LogP) is 1.12. The van der Waals surface area contributed by atoms with Crippen LogP contribution in [0.4, 0.5) is 0 Å². The fraction of sp³-hybridized carbons (Fsp3) is 0.722. The summed E-state index contributed by atoms with van der Waals surface area (Å²) in [5, 5.41) is 5.45. The molecule has 0 radical (unpaired) electrons. The molecule has 0 amide bonds. The third-order valence-corrected chi connectivity index (χ3v) is 6.07. The molecule has 0 spiro atoms. The molecule has 3 N–H and O–H groups in total. The van der Waals surface area contributed by atoms with Crippen LogP contribution >= 0.6 is 11.3 Å². The van der Waals surface area contributed by atoms with Gasteiger partial charge < -0.3 is 15.8 Å². The number of fused-ring (bicyclic) bond motifs is 1. The molecule has 1 fully saturated rings. The standard InChI is InChI=1S/C18H31N5OS/c1-15(23-7-3-17-16(14-23)4-12-25-17)13-21-18(19)20-5-2-6-22-8-10-24-11-9-22/h4,12,15H,2-3,5-11,13-14H2,1H3,(H3,19,20,21). The van der Waals surface area contributed by atoms with E-state index in [0.717, 1.165) is 71.9 Å². The van der Waals surface area contributed by atoms with Gasteiger partial charge in [0.15, 0.2) is 5.96 Å². The van der Waals surface area contributed by atoms with Crippen LogP contribution in [0.5, 0.6) is 0 Å². The van der Waals surface area contributed by atoms with Gasteiger partial charge in [0.05, 0.1) is 19.8 Å². The van der Waals surface area contributed by atoms with Crippen molar-refractivity contribution >= 4 is 17.3 Å². The van der Waals surface area contributed by atoms with Crippen molar-refractivity contribution < 1.29 is 4.74 Å². The van der Waals surface area contributed by atoms with E-state index in [-0.39, 0.29) is 0 Å². The molecular formula is C18H31N5OS. The average Bonchev–Trinajstić information content (AvgIpc) is 3.12. The van der Waals surface area contributed by atoms with E-state index >= 15 is 0 Å². The summed E-state index contributed by atoms with van der Waals surface area (Å²) in [6.07, 6.45) is 2.25. The molecule has 1 aromatic rings. The number of guanidine groups is 1. The lowest BCUT2D eigenvalue weighted by Gasteiger charge is -2.31. The molecular weight excluding hydrogens is 334 g/mol. The number of aliphatic imine (C=N–C) groups is 1. The molecule has 1 saturated heterocycles. The molecule has 1 atom stereocenters. The van der Waals surface area contributed by atoms with Crippen LogP contribution < -0.4 is 11.1 Å². The number of ether oxygens (including phenoxy) is 1. The Labute approximate surface area is 155 Å². The molecule has 25 heavy (non-hydrogen) atoms. The summed E-state index contributed by atoms with van der Waals surface area (Å²) in [6, 6.07) is 2.67. The summed E-state index contributed by atoms with van der Waals surface area (Å²) in [5.74, 6) is 0.571. The zero-order valence-corrected chi connectivity index (χ0v) is 16.1. The first-order valence-electron chi connectivity index (χ1n) is 9.35. The first kappa shape index (κ1) is 18.6. The number of nitrogens with two attached hydrogens (primary N) is 1. The Bertz CT molecular complexity index is 555. The van der Waals surface area contributed by atoms with E-state index in [0.29, 0.717) is 12.0 Å². The van der Waals surface area contributed by atoms with Crippen LogP contribution in [0.1, 0.15) is 23.8 Å². The molecule has 6 nitrogen and oxygen atoms in total. The minimum absolute atomic E-state index is 0.418. The van der Waals surface area contributed by atoms with Gasteiger partial charge in [-0.2, -0.15) is 0 Å². The molecule has 0 aliphatic carbocycles. The van der Waals surface area contributed by atoms with Crippen LogP contribution in [0.3, 0.4) is 0 Å². The van der Waals surface area contributed by atoms with Gasteiger partial charge in [0.25, 0.3) is 0 Å². The van der Waals surface area contributed by atoms with Crippen LogP contribution in [0.2, 0.25) is 0 Å². The minimum atomic E-state index is 0.418. The van der Waals surface area contributed by atoms with Crippen LogP contribution in [-0.4, -0.2) is 74.3 Å². The molecule has 2 aliphatic rings. The third kappa shape index (κ3) is 5.67. The SMILES string of the molecule is CC(CN=C(N)NCCCN1CCOCC1)N1CCc2sccc2C1. The maximum absolute atomic E-state index is 6.02. The van der Waals surface area contributed by atoms with Gasteiger partial charge in [-0.25, -0.2) is 0 Å². The molecule has 1 aromatic heterocycles. The molecule has 3 rings (SSSR count). The molecule has 7 heteroatoms. The Morgan fingerprint density at radius 3 is 3.08 bits per heavy atom. The zero-order valence-electron chi connectivity index (χ0n) is 15.2. The van der Waals surface area contributed by atoms with Crippen molar-refractivity contribution in [1.82, 2.24) is 15.1 Å². The maximum Gasteiger partial charge on any atom is 0.188 e. The van der Waals surface area contributed by atoms with Crippen molar-refractivity contribution in [2.75, 3.05) is 52.5 Å². The van der Waals surface area contributed by atoms with Gasteiger partial charge in [0.2, 0.25) is 0 Å². The highest BCUT2D eigenvalue weighted by Crippen LogP contribution is 2.25. The van der Waals surface area contributed by atoms with Crippen LogP contribution in [0.25, 0.3) is 0 Å². The largest absolute Gasteiger partial charge is 0.379 e. The zero-order chi connectivity index (χ0) is 17.5. The molecule has 2 aliphatic heterocycles. The summed E-state index contributed by atoms with van der Waals surface area (Å²) in [4.78, 5) is 11.0. The Morgan fingerprint density at radius 2 is 2.24 bits per heavy atom. The van der Waals surface area contributed by atoms with Crippen LogP contribution in [-0.2, 0) is 17.7 Å². The Hall–Kier alpha value is -1.15. The van der Waals surface area contributed by atoms with Gasteiger partial charge in [-0.3, -0.25) is 14.8 Å². The van der Waals surface area contributed by atoms with Gasteiger partial charge in [0, 0.05) is 43.6 Å². The van der Waals surface area contributed by atoms with Crippen molar-refractivity contribution in [3.05, 3.63) is 21.9 Å². The first-order valence-corrected chi connectivity index (χ1v) is 10.2. The molecule has 1 unspecified atom stereocenters. The van der Waals surface area contributed by atoms with Gasteiger partial charge in [-0.05, 0) is 43.3 Å². The Balaban J connectivity index is 1.32. The number of rotatable bonds is 7. The number of hydrogen-bond donors (Lipinski definition) is 2. The number of thiophene rings is 1. The topological polar surface area (TPSA) is 66.1 Å². The minimum Gasteiger partial charge on any atom is -0.379 e. The van der Waals surface area contributed by atoms with E-state index in [4.69, 9.17) is 10.5 Å². The van der Waals surface area contributed by atoms with Crippen molar-refractivity contribution in [2.45, 2.75) is 32.4 Å². The van der Waals surface area contributed by atoms with Gasteiger partial charge in [0.1, 0.15) is 0 Å². The van der Waals surface area contributed by atoms with E-state index in [1.807, 2.05) is 11.3 Å². The van der Waals surface area contributed by atoms with Crippen molar-refractivity contribution in [2.24, 2.45) is 10.7 Å². The quantitative estimate of drug-likeness (QED) is 0.431. The second-order valence-corrected chi connectivity index (χ2v) is 7.90. The second-order valence-electron chi connectivity index (χ2n) is 6.90. The molecule has 140 valence electrons. The van der Waals surface area contributed by atoms with E-state index in [2.05, 4.69) is 38.5 Å². The lowest BCUT2D eigenvalue weighted by atomic mass is 10.1. The third-order valence-electron chi connectivity index (χ3n) is 5.05. The first-order chi connectivity index (χ1) is 12.2. The number of morpholine rings is 1. The number of nitrogens with one attached hydrogen (secondary N) is 1. The number of hydrogen-bond acceptors (Lipinski definition) is 5. The fourth-order valence-corrected chi connectivity index (χ4v) is 4.28. The summed E-state index contributed by atoms with van der Waals surface area (Å²) in [7, 11) is 0.